The summed E-state index contributed by atoms with van der Waals surface area (Å²) in [6.07, 6.45) is 7.37. The lowest BCUT2D eigenvalue weighted by atomic mass is 9.79. The van der Waals surface area contributed by atoms with Crippen LogP contribution in [0.25, 0.3) is 0 Å². The molecule has 1 heterocycles. The second-order valence-electron chi connectivity index (χ2n) is 4.69. The van der Waals surface area contributed by atoms with Crippen molar-refractivity contribution in [3.63, 3.8) is 0 Å². The summed E-state index contributed by atoms with van der Waals surface area (Å²) < 4.78 is 0. The maximum Gasteiger partial charge on any atom is 0.123 e. The zero-order valence-electron chi connectivity index (χ0n) is 8.33. The molecule has 3 heteroatoms. The molecule has 0 spiro atoms. The molecule has 1 N–H and O–H groups in total. The fraction of sp³-hybridized carbons (Fsp3) is 0.600. The third kappa shape index (κ3) is 1.39. The molecule has 0 aromatic carbocycles. The highest BCUT2D eigenvalue weighted by Crippen LogP contribution is 2.39. The molecule has 3 nitrogen and oxygen atoms in total. The summed E-state index contributed by atoms with van der Waals surface area (Å²) in [7, 11) is 0. The Morgan fingerprint density at radius 2 is 2.15 bits per heavy atom. The Hall–Kier alpha value is -1.12. The molecule has 70 valence electrons. The Kier molecular flexibility index (Phi) is 1.59. The van der Waals surface area contributed by atoms with Crippen LogP contribution < -0.4 is 5.43 Å². The van der Waals surface area contributed by atoms with Crippen LogP contribution in [0.1, 0.15) is 27.2 Å². The predicted molar refractivity (Wildman–Crippen MR) is 52.0 cm³/mol. The van der Waals surface area contributed by atoms with Gasteiger partial charge in [-0.15, -0.1) is 0 Å². The molecule has 0 amide bonds. The number of fused-ring (bicyclic) bond motifs is 1. The summed E-state index contributed by atoms with van der Waals surface area (Å²) >= 11 is 0. The Labute approximate surface area is 78.6 Å². The molecule has 1 aliphatic heterocycles. The van der Waals surface area contributed by atoms with Crippen molar-refractivity contribution in [2.75, 3.05) is 0 Å². The maximum atomic E-state index is 4.25. The minimum Gasteiger partial charge on any atom is -0.262 e. The van der Waals surface area contributed by atoms with E-state index >= 15 is 0 Å². The monoisotopic (exact) mass is 177 g/mol. The molecule has 2 rings (SSSR count). The summed E-state index contributed by atoms with van der Waals surface area (Å²) in [5.74, 6) is 0. The number of rotatable bonds is 0. The quantitative estimate of drug-likeness (QED) is 0.606. The van der Waals surface area contributed by atoms with Crippen LogP contribution in [0.15, 0.2) is 34.3 Å². The highest BCUT2D eigenvalue weighted by Gasteiger charge is 2.38. The second-order valence-corrected chi connectivity index (χ2v) is 4.69. The van der Waals surface area contributed by atoms with E-state index < -0.39 is 0 Å². The van der Waals surface area contributed by atoms with Gasteiger partial charge < -0.3 is 0 Å². The van der Waals surface area contributed by atoms with Crippen molar-refractivity contribution < 1.29 is 0 Å². The Bertz CT molecular complexity index is 312. The maximum absolute atomic E-state index is 4.25. The SMILES string of the molecule is CC1(C)C=CC=C2NN=NC2(C)C1. The third-order valence-corrected chi connectivity index (χ3v) is 2.63. The standard InChI is InChI=1S/C10H15N3/c1-9(2)6-4-5-8-10(3,7-9)12-13-11-8/h4-6H,7H2,1-3H3,(H,11,12). The van der Waals surface area contributed by atoms with Crippen molar-refractivity contribution >= 4 is 0 Å². The Morgan fingerprint density at radius 3 is 2.92 bits per heavy atom. The molecule has 1 unspecified atom stereocenters. The van der Waals surface area contributed by atoms with E-state index in [0.717, 1.165) is 12.1 Å². The summed E-state index contributed by atoms with van der Waals surface area (Å²) in [5, 5.41) is 8.13. The van der Waals surface area contributed by atoms with E-state index in [0.29, 0.717) is 0 Å². The van der Waals surface area contributed by atoms with E-state index in [9.17, 15) is 0 Å². The van der Waals surface area contributed by atoms with Crippen molar-refractivity contribution in [1.29, 1.82) is 0 Å². The van der Waals surface area contributed by atoms with Gasteiger partial charge in [0, 0.05) is 0 Å². The molecule has 13 heavy (non-hydrogen) atoms. The zero-order valence-corrected chi connectivity index (χ0v) is 8.33. The van der Waals surface area contributed by atoms with Crippen molar-refractivity contribution in [1.82, 2.24) is 5.43 Å². The van der Waals surface area contributed by atoms with E-state index in [2.05, 4.69) is 54.8 Å². The van der Waals surface area contributed by atoms with E-state index in [1.807, 2.05) is 0 Å². The minimum atomic E-state index is -0.146. The van der Waals surface area contributed by atoms with Crippen LogP contribution in [0.4, 0.5) is 0 Å². The van der Waals surface area contributed by atoms with Gasteiger partial charge in [-0.25, -0.2) is 0 Å². The van der Waals surface area contributed by atoms with Crippen molar-refractivity contribution in [3.05, 3.63) is 23.9 Å². The van der Waals surface area contributed by atoms with E-state index in [1.165, 1.54) is 0 Å². The lowest BCUT2D eigenvalue weighted by molar-refractivity contribution is 0.344. The number of hydrogen-bond acceptors (Lipinski definition) is 3. The summed E-state index contributed by atoms with van der Waals surface area (Å²) in [6.45, 7) is 6.57. The average Bonchev–Trinajstić information content (AvgIpc) is 2.25. The normalized spacial score (nSPS) is 34.8. The van der Waals surface area contributed by atoms with E-state index in [-0.39, 0.29) is 11.0 Å². The first-order valence-corrected chi connectivity index (χ1v) is 4.60. The molecule has 1 atom stereocenters. The molecular weight excluding hydrogens is 162 g/mol. The van der Waals surface area contributed by atoms with Gasteiger partial charge in [-0.3, -0.25) is 5.43 Å². The molecule has 0 radical (unpaired) electrons. The average molecular weight is 177 g/mol. The molecule has 0 fully saturated rings. The van der Waals surface area contributed by atoms with Crippen LogP contribution in [0, 0.1) is 5.41 Å². The number of allylic oxidation sites excluding steroid dienone is 3. The molecule has 0 bridgehead atoms. The molecule has 0 saturated carbocycles. The molecule has 0 aromatic heterocycles. The molecular formula is C10H15N3. The topological polar surface area (TPSA) is 36.8 Å². The van der Waals surface area contributed by atoms with Gasteiger partial charge in [0.1, 0.15) is 5.54 Å². The highest BCUT2D eigenvalue weighted by atomic mass is 15.5. The van der Waals surface area contributed by atoms with Crippen LogP contribution in [0.5, 0.6) is 0 Å². The predicted octanol–water partition coefficient (Wildman–Crippen LogP) is 2.59. The van der Waals surface area contributed by atoms with E-state index in [1.54, 1.807) is 0 Å². The highest BCUT2D eigenvalue weighted by molar-refractivity contribution is 5.28. The second kappa shape index (κ2) is 2.44. The van der Waals surface area contributed by atoms with Gasteiger partial charge in [0.25, 0.3) is 0 Å². The lowest BCUT2D eigenvalue weighted by Gasteiger charge is -2.28. The molecule has 0 aromatic rings. The van der Waals surface area contributed by atoms with Gasteiger partial charge in [-0.05, 0) is 24.8 Å². The molecule has 0 saturated heterocycles. The summed E-state index contributed by atoms with van der Waals surface area (Å²) in [4.78, 5) is 0. The number of hydrogen-bond donors (Lipinski definition) is 1. The van der Waals surface area contributed by atoms with Gasteiger partial charge >= 0.3 is 0 Å². The van der Waals surface area contributed by atoms with Crippen LogP contribution >= 0.6 is 0 Å². The zero-order chi connectivity index (χ0) is 9.53. The van der Waals surface area contributed by atoms with Crippen LogP contribution in [-0.2, 0) is 0 Å². The summed E-state index contributed by atoms with van der Waals surface area (Å²) in [6, 6.07) is 0. The molecule has 1 aliphatic carbocycles. The fourth-order valence-corrected chi connectivity index (χ4v) is 2.06. The van der Waals surface area contributed by atoms with Crippen molar-refractivity contribution in [2.45, 2.75) is 32.7 Å². The van der Waals surface area contributed by atoms with Crippen molar-refractivity contribution in [2.24, 2.45) is 15.8 Å². The van der Waals surface area contributed by atoms with E-state index in [4.69, 9.17) is 0 Å². The van der Waals surface area contributed by atoms with Crippen LogP contribution in [0.3, 0.4) is 0 Å². The first kappa shape index (κ1) is 8.48. The largest absolute Gasteiger partial charge is 0.262 e. The van der Waals surface area contributed by atoms with Gasteiger partial charge in [0.2, 0.25) is 0 Å². The third-order valence-electron chi connectivity index (χ3n) is 2.63. The van der Waals surface area contributed by atoms with Gasteiger partial charge in [0.15, 0.2) is 0 Å². The van der Waals surface area contributed by atoms with Gasteiger partial charge in [-0.1, -0.05) is 31.2 Å². The van der Waals surface area contributed by atoms with Crippen molar-refractivity contribution in [3.8, 4) is 0 Å². The fourth-order valence-electron chi connectivity index (χ4n) is 2.06. The Balaban J connectivity index is 2.38. The van der Waals surface area contributed by atoms with Gasteiger partial charge in [0.05, 0.1) is 5.70 Å². The smallest absolute Gasteiger partial charge is 0.123 e. The number of nitrogens with one attached hydrogen (secondary N) is 1. The number of nitrogens with zero attached hydrogens (tertiary/aromatic N) is 2. The first-order valence-electron chi connectivity index (χ1n) is 4.60. The minimum absolute atomic E-state index is 0.146. The Morgan fingerprint density at radius 1 is 1.38 bits per heavy atom. The van der Waals surface area contributed by atoms with Crippen LogP contribution in [-0.4, -0.2) is 5.54 Å². The van der Waals surface area contributed by atoms with Gasteiger partial charge in [-0.2, -0.15) is 5.11 Å². The first-order chi connectivity index (χ1) is 6.02. The lowest BCUT2D eigenvalue weighted by Crippen LogP contribution is -2.30. The van der Waals surface area contributed by atoms with Crippen LogP contribution in [0.2, 0.25) is 0 Å². The molecule has 2 aliphatic rings. The summed E-state index contributed by atoms with van der Waals surface area (Å²) in [5.41, 5.74) is 4.10.